The highest BCUT2D eigenvalue weighted by molar-refractivity contribution is 7.12. The quantitative estimate of drug-likeness (QED) is 0.658. The number of nitrogens with zero attached hydrogens (tertiary/aromatic N) is 2. The predicted octanol–water partition coefficient (Wildman–Crippen LogP) is 2.63. The molecule has 0 unspecified atom stereocenters. The van der Waals surface area contributed by atoms with Gasteiger partial charge in [0.1, 0.15) is 5.01 Å². The lowest BCUT2D eigenvalue weighted by Crippen LogP contribution is -2.36. The van der Waals surface area contributed by atoms with Gasteiger partial charge >= 0.3 is 0 Å². The first-order chi connectivity index (χ1) is 9.31. The molecule has 0 saturated heterocycles. The van der Waals surface area contributed by atoms with Crippen LogP contribution in [0.2, 0.25) is 0 Å². The first kappa shape index (κ1) is 14.0. The maximum absolute atomic E-state index is 4.23. The number of thiazole rings is 1. The summed E-state index contributed by atoms with van der Waals surface area (Å²) in [5, 5.41) is 9.61. The topological polar surface area (TPSA) is 49.3 Å². The maximum Gasteiger partial charge on any atom is 0.191 e. The second-order valence-corrected chi connectivity index (χ2v) is 6.16. The van der Waals surface area contributed by atoms with Crippen molar-refractivity contribution in [2.45, 2.75) is 26.4 Å². The van der Waals surface area contributed by atoms with Crippen LogP contribution in [0.15, 0.2) is 28.7 Å². The lowest BCUT2D eigenvalue weighted by atomic mass is 10.4. The first-order valence-corrected chi connectivity index (χ1v) is 7.92. The Balaban J connectivity index is 1.79. The standard InChI is InChI=1S/C13H18N4S2/c1-3-10-4-5-11(19-10)8-16-13(14-2)17-9-12-15-6-7-18-12/h4-7H,3,8-9H2,1-2H3,(H2,14,16,17). The fourth-order valence-electron chi connectivity index (χ4n) is 1.60. The van der Waals surface area contributed by atoms with Crippen LogP contribution in [0.3, 0.4) is 0 Å². The fraction of sp³-hybridized carbons (Fsp3) is 0.385. The van der Waals surface area contributed by atoms with E-state index in [0.717, 1.165) is 23.9 Å². The van der Waals surface area contributed by atoms with Crippen LogP contribution in [0.4, 0.5) is 0 Å². The van der Waals surface area contributed by atoms with Gasteiger partial charge in [-0.1, -0.05) is 6.92 Å². The summed E-state index contributed by atoms with van der Waals surface area (Å²) in [6, 6.07) is 4.36. The van der Waals surface area contributed by atoms with E-state index in [1.807, 2.05) is 22.9 Å². The average Bonchev–Trinajstić information content (AvgIpc) is 3.10. The van der Waals surface area contributed by atoms with Crippen LogP contribution < -0.4 is 10.6 Å². The smallest absolute Gasteiger partial charge is 0.191 e. The molecule has 0 aromatic carbocycles. The monoisotopic (exact) mass is 294 g/mol. The molecule has 2 N–H and O–H groups in total. The van der Waals surface area contributed by atoms with Gasteiger partial charge in [0.05, 0.1) is 13.1 Å². The zero-order valence-electron chi connectivity index (χ0n) is 11.1. The molecule has 0 aliphatic rings. The molecular formula is C13H18N4S2. The third kappa shape index (κ3) is 4.33. The molecule has 0 amide bonds. The zero-order valence-corrected chi connectivity index (χ0v) is 12.8. The first-order valence-electron chi connectivity index (χ1n) is 6.22. The van der Waals surface area contributed by atoms with E-state index in [9.17, 15) is 0 Å². The van der Waals surface area contributed by atoms with E-state index in [1.165, 1.54) is 9.75 Å². The molecule has 4 nitrogen and oxygen atoms in total. The summed E-state index contributed by atoms with van der Waals surface area (Å²) < 4.78 is 0. The number of guanidine groups is 1. The number of hydrogen-bond donors (Lipinski definition) is 2. The third-order valence-corrected chi connectivity index (χ3v) is 4.62. The molecule has 0 saturated carbocycles. The lowest BCUT2D eigenvalue weighted by molar-refractivity contribution is 0.811. The highest BCUT2D eigenvalue weighted by atomic mass is 32.1. The highest BCUT2D eigenvalue weighted by Crippen LogP contribution is 2.16. The minimum atomic E-state index is 0.710. The molecule has 0 aliphatic carbocycles. The van der Waals surface area contributed by atoms with Gasteiger partial charge in [0.15, 0.2) is 5.96 Å². The summed E-state index contributed by atoms with van der Waals surface area (Å²) in [4.78, 5) is 11.2. The normalized spacial score (nSPS) is 11.6. The van der Waals surface area contributed by atoms with Crippen LogP contribution >= 0.6 is 22.7 Å². The van der Waals surface area contributed by atoms with Crippen molar-refractivity contribution in [3.8, 4) is 0 Å². The minimum Gasteiger partial charge on any atom is -0.352 e. The molecule has 102 valence electrons. The van der Waals surface area contributed by atoms with E-state index < -0.39 is 0 Å². The second-order valence-electron chi connectivity index (χ2n) is 3.93. The molecule has 2 aromatic rings. The predicted molar refractivity (Wildman–Crippen MR) is 82.8 cm³/mol. The number of aryl methyl sites for hydroxylation is 1. The van der Waals surface area contributed by atoms with E-state index in [4.69, 9.17) is 0 Å². The van der Waals surface area contributed by atoms with Crippen LogP contribution in [-0.2, 0) is 19.5 Å². The largest absolute Gasteiger partial charge is 0.352 e. The Hall–Kier alpha value is -1.40. The Morgan fingerprint density at radius 3 is 2.68 bits per heavy atom. The number of aliphatic imine (C=N–C) groups is 1. The number of thiophene rings is 1. The molecule has 6 heteroatoms. The van der Waals surface area contributed by atoms with Gasteiger partial charge < -0.3 is 10.6 Å². The van der Waals surface area contributed by atoms with Crippen LogP contribution in [0.5, 0.6) is 0 Å². The molecule has 2 aromatic heterocycles. The van der Waals surface area contributed by atoms with Crippen LogP contribution in [0.25, 0.3) is 0 Å². The van der Waals surface area contributed by atoms with E-state index in [0.29, 0.717) is 6.54 Å². The lowest BCUT2D eigenvalue weighted by Gasteiger charge is -2.09. The van der Waals surface area contributed by atoms with Crippen molar-refractivity contribution >= 4 is 28.6 Å². The Kier molecular flexibility index (Phi) is 5.35. The molecule has 0 aliphatic heterocycles. The number of rotatable bonds is 5. The van der Waals surface area contributed by atoms with Crippen molar-refractivity contribution < 1.29 is 0 Å². The summed E-state index contributed by atoms with van der Waals surface area (Å²) in [6.45, 7) is 3.70. The second kappa shape index (κ2) is 7.25. The third-order valence-electron chi connectivity index (χ3n) is 2.61. The number of hydrogen-bond acceptors (Lipinski definition) is 4. The highest BCUT2D eigenvalue weighted by Gasteiger charge is 2.02. The van der Waals surface area contributed by atoms with Gasteiger partial charge in [0.2, 0.25) is 0 Å². The van der Waals surface area contributed by atoms with Gasteiger partial charge in [0.25, 0.3) is 0 Å². The van der Waals surface area contributed by atoms with Crippen molar-refractivity contribution in [1.82, 2.24) is 15.6 Å². The summed E-state index contributed by atoms with van der Waals surface area (Å²) in [7, 11) is 1.78. The Labute approximate surface area is 121 Å². The molecule has 2 heterocycles. The van der Waals surface area contributed by atoms with Gasteiger partial charge in [-0.25, -0.2) is 4.98 Å². The van der Waals surface area contributed by atoms with Gasteiger partial charge in [-0.2, -0.15) is 0 Å². The molecule has 0 bridgehead atoms. The summed E-state index contributed by atoms with van der Waals surface area (Å²) in [5.41, 5.74) is 0. The van der Waals surface area contributed by atoms with Crippen LogP contribution in [0.1, 0.15) is 21.7 Å². The van der Waals surface area contributed by atoms with Gasteiger partial charge in [0, 0.05) is 28.4 Å². The van der Waals surface area contributed by atoms with Gasteiger partial charge in [-0.3, -0.25) is 4.99 Å². The zero-order chi connectivity index (χ0) is 13.5. The van der Waals surface area contributed by atoms with Gasteiger partial charge in [-0.15, -0.1) is 22.7 Å². The molecule has 0 atom stereocenters. The summed E-state index contributed by atoms with van der Waals surface area (Å²) in [5.74, 6) is 0.807. The van der Waals surface area contributed by atoms with Crippen molar-refractivity contribution in [2.75, 3.05) is 7.05 Å². The SMILES string of the molecule is CCc1ccc(CNC(=NC)NCc2nccs2)s1. The molecule has 19 heavy (non-hydrogen) atoms. The molecular weight excluding hydrogens is 276 g/mol. The van der Waals surface area contributed by atoms with Crippen molar-refractivity contribution in [1.29, 1.82) is 0 Å². The van der Waals surface area contributed by atoms with Gasteiger partial charge in [-0.05, 0) is 18.6 Å². The molecule has 0 fully saturated rings. The minimum absolute atomic E-state index is 0.710. The Morgan fingerprint density at radius 2 is 2.05 bits per heavy atom. The summed E-state index contributed by atoms with van der Waals surface area (Å²) >= 11 is 3.49. The van der Waals surface area contributed by atoms with Crippen molar-refractivity contribution in [3.05, 3.63) is 38.5 Å². The number of nitrogens with one attached hydrogen (secondary N) is 2. The number of aromatic nitrogens is 1. The molecule has 0 spiro atoms. The Bertz CT molecular complexity index is 516. The van der Waals surface area contributed by atoms with Crippen molar-refractivity contribution in [3.63, 3.8) is 0 Å². The van der Waals surface area contributed by atoms with E-state index in [1.54, 1.807) is 18.4 Å². The summed E-state index contributed by atoms with van der Waals surface area (Å²) in [6.07, 6.45) is 2.91. The van der Waals surface area contributed by atoms with Crippen LogP contribution in [-0.4, -0.2) is 18.0 Å². The molecule has 0 radical (unpaired) electrons. The van der Waals surface area contributed by atoms with E-state index >= 15 is 0 Å². The van der Waals surface area contributed by atoms with E-state index in [2.05, 4.69) is 39.7 Å². The Morgan fingerprint density at radius 1 is 1.26 bits per heavy atom. The van der Waals surface area contributed by atoms with Crippen molar-refractivity contribution in [2.24, 2.45) is 4.99 Å². The average molecular weight is 294 g/mol. The van der Waals surface area contributed by atoms with Crippen LogP contribution in [0, 0.1) is 0 Å². The maximum atomic E-state index is 4.23. The van der Waals surface area contributed by atoms with E-state index in [-0.39, 0.29) is 0 Å². The molecule has 2 rings (SSSR count). The fourth-order valence-corrected chi connectivity index (χ4v) is 3.05.